The number of unbranched alkanes of at least 4 members (excludes halogenated alkanes) is 2. The molecule has 318 valence electrons. The molecule has 0 aliphatic carbocycles. The molecule has 0 unspecified atom stereocenters. The number of halogens is 2. The summed E-state index contributed by atoms with van der Waals surface area (Å²) in [6.45, 7) is 18.0. The monoisotopic (exact) mass is 948 g/mol. The number of hydrogen-bond donors (Lipinski definition) is 0. The molecule has 0 nitrogen and oxygen atoms in total. The third kappa shape index (κ3) is 12.7. The molecule has 0 aliphatic rings. The van der Waals surface area contributed by atoms with Gasteiger partial charge in [0.05, 0.1) is 0 Å². The Morgan fingerprint density at radius 3 is 1.13 bits per heavy atom. The van der Waals surface area contributed by atoms with E-state index in [4.69, 9.17) is 17.0 Å². The molecule has 8 rings (SSSR count). The Balaban J connectivity index is 0.000000208. The minimum atomic E-state index is -0.826. The second-order valence-corrected chi connectivity index (χ2v) is 21.4. The van der Waals surface area contributed by atoms with Gasteiger partial charge in [0.2, 0.25) is 0 Å². The summed E-state index contributed by atoms with van der Waals surface area (Å²) < 4.78 is 0. The van der Waals surface area contributed by atoms with Crippen molar-refractivity contribution in [3.63, 3.8) is 0 Å². The maximum absolute atomic E-state index is 4.93. The fourth-order valence-corrected chi connectivity index (χ4v) is 8.48. The Bertz CT molecular complexity index is 2370. The Kier molecular flexibility index (Phi) is 20.2. The molecule has 0 aromatic heterocycles. The first kappa shape index (κ1) is 49.2. The van der Waals surface area contributed by atoms with Crippen LogP contribution in [0.2, 0.25) is 13.1 Å². The Morgan fingerprint density at radius 1 is 0.484 bits per heavy atom. The summed E-state index contributed by atoms with van der Waals surface area (Å²) in [7, 11) is 11.0. The number of rotatable bonds is 12. The number of benzene rings is 6. The van der Waals surface area contributed by atoms with Crippen molar-refractivity contribution in [2.45, 2.75) is 105 Å². The second-order valence-electron chi connectivity index (χ2n) is 16.7. The molecule has 0 saturated heterocycles. The van der Waals surface area contributed by atoms with Crippen LogP contribution in [0.3, 0.4) is 0 Å². The van der Waals surface area contributed by atoms with Crippen molar-refractivity contribution in [2.24, 2.45) is 0 Å². The molecule has 0 fully saturated rings. The number of fused-ring (bicyclic) bond motifs is 2. The third-order valence-corrected chi connectivity index (χ3v) is 11.4. The maximum atomic E-state index is 4.93. The fourth-order valence-electron chi connectivity index (χ4n) is 8.48. The van der Waals surface area contributed by atoms with Crippen LogP contribution >= 0.6 is 17.0 Å². The van der Waals surface area contributed by atoms with Gasteiger partial charge >= 0.3 is 37.9 Å². The van der Waals surface area contributed by atoms with E-state index in [1.165, 1.54) is 127 Å². The van der Waals surface area contributed by atoms with Crippen molar-refractivity contribution in [1.82, 2.24) is 0 Å². The normalized spacial score (nSPS) is 10.8. The van der Waals surface area contributed by atoms with Crippen molar-refractivity contribution in [2.75, 3.05) is 0 Å². The zero-order valence-electron chi connectivity index (χ0n) is 38.2. The van der Waals surface area contributed by atoms with Crippen LogP contribution in [0.4, 0.5) is 0 Å². The molecule has 0 saturated carbocycles. The van der Waals surface area contributed by atoms with Gasteiger partial charge in [0.25, 0.3) is 0 Å². The molecule has 0 bridgehead atoms. The molecule has 4 heteroatoms. The van der Waals surface area contributed by atoms with Crippen molar-refractivity contribution < 1.29 is 20.8 Å². The molecule has 0 aliphatic heterocycles. The van der Waals surface area contributed by atoms with Crippen LogP contribution in [0.1, 0.15) is 101 Å². The zero-order valence-corrected chi connectivity index (χ0v) is 43.1. The summed E-state index contributed by atoms with van der Waals surface area (Å²) >= 11 is -0.826. The number of aryl methyl sites for hydroxylation is 2. The van der Waals surface area contributed by atoms with Crippen LogP contribution in [-0.2, 0) is 33.7 Å². The van der Waals surface area contributed by atoms with Crippen LogP contribution < -0.4 is 0 Å². The van der Waals surface area contributed by atoms with Crippen LogP contribution in [0.25, 0.3) is 66.1 Å². The van der Waals surface area contributed by atoms with Gasteiger partial charge in [-0.05, 0) is 58.1 Å². The zero-order chi connectivity index (χ0) is 44.4. The van der Waals surface area contributed by atoms with Crippen LogP contribution in [-0.4, -0.2) is 9.52 Å². The first-order valence-corrected chi connectivity index (χ1v) is 30.8. The molecule has 2 radical (unpaired) electrons. The Labute approximate surface area is 395 Å². The summed E-state index contributed by atoms with van der Waals surface area (Å²) in [4.78, 5) is 0. The van der Waals surface area contributed by atoms with Crippen molar-refractivity contribution in [3.8, 4) is 44.5 Å². The van der Waals surface area contributed by atoms with Crippen LogP contribution in [0.15, 0.2) is 158 Å². The van der Waals surface area contributed by atoms with E-state index in [1.54, 1.807) is 0 Å². The Morgan fingerprint density at radius 2 is 0.806 bits per heavy atom. The molecular formula is C58H64Cl2SiZr. The van der Waals surface area contributed by atoms with Gasteiger partial charge in [-0.25, -0.2) is 0 Å². The summed E-state index contributed by atoms with van der Waals surface area (Å²) in [5, 5.41) is 5.54. The second kappa shape index (κ2) is 25.5. The van der Waals surface area contributed by atoms with E-state index >= 15 is 0 Å². The summed E-state index contributed by atoms with van der Waals surface area (Å²) in [6.07, 6.45) is 7.32. The molecule has 0 N–H and O–H groups in total. The molecule has 8 aromatic rings. The van der Waals surface area contributed by atoms with Crippen molar-refractivity contribution in [1.29, 1.82) is 0 Å². The van der Waals surface area contributed by atoms with E-state index in [2.05, 4.69) is 212 Å². The van der Waals surface area contributed by atoms with Gasteiger partial charge in [-0.3, -0.25) is 0 Å². The van der Waals surface area contributed by atoms with Crippen LogP contribution in [0, 0.1) is 0 Å². The third-order valence-electron chi connectivity index (χ3n) is 11.4. The topological polar surface area (TPSA) is 0 Å². The fraction of sp³-hybridized carbons (Fsp3) is 0.276. The van der Waals surface area contributed by atoms with Gasteiger partial charge in [-0.1, -0.05) is 212 Å². The van der Waals surface area contributed by atoms with E-state index < -0.39 is 20.8 Å². The molecule has 0 atom stereocenters. The van der Waals surface area contributed by atoms with E-state index in [9.17, 15) is 0 Å². The molecule has 8 aromatic carbocycles. The predicted molar refractivity (Wildman–Crippen MR) is 275 cm³/mol. The van der Waals surface area contributed by atoms with E-state index in [1.807, 2.05) is 0 Å². The van der Waals surface area contributed by atoms with E-state index in [0.717, 1.165) is 9.52 Å². The van der Waals surface area contributed by atoms with E-state index in [-0.39, 0.29) is 0 Å². The molecule has 0 spiro atoms. The van der Waals surface area contributed by atoms with Gasteiger partial charge < -0.3 is 0 Å². The Hall–Kier alpha value is -3.78. The molecule has 0 heterocycles. The summed E-state index contributed by atoms with van der Waals surface area (Å²) in [5.74, 6) is 0.967. The molecule has 0 amide bonds. The molecular weight excluding hydrogens is 887 g/mol. The minimum absolute atomic E-state index is 0.484. The van der Waals surface area contributed by atoms with Gasteiger partial charge in [0.15, 0.2) is 0 Å². The summed E-state index contributed by atoms with van der Waals surface area (Å²) in [5.41, 5.74) is 16.5. The van der Waals surface area contributed by atoms with Crippen LogP contribution in [0.5, 0.6) is 0 Å². The van der Waals surface area contributed by atoms with Gasteiger partial charge in [0, 0.05) is 9.52 Å². The average Bonchev–Trinajstić information content (AvgIpc) is 3.92. The molecule has 62 heavy (non-hydrogen) atoms. The first-order chi connectivity index (χ1) is 30.2. The van der Waals surface area contributed by atoms with Crippen molar-refractivity contribution in [3.05, 3.63) is 180 Å². The predicted octanol–water partition coefficient (Wildman–Crippen LogP) is 18.9. The average molecular weight is 951 g/mol. The first-order valence-electron chi connectivity index (χ1n) is 22.5. The SMILES string of the molecule is CCCCc1cc2c(-c3ccccc3-c3ccccc3)c(C(C)C)ccc2[cH-]1.CCCCc1cc2c(-c3ccccc3-c3ccccc3)c(C(C)C)ccc2[cH-]1.C[Si]C.[Cl][Zr+2][Cl]. The van der Waals surface area contributed by atoms with Gasteiger partial charge in [-0.15, -0.1) is 69.1 Å². The quantitative estimate of drug-likeness (QED) is 0.0846. The number of hydrogen-bond acceptors (Lipinski definition) is 0. The standard InChI is InChI=1S/2C28H29.C2H6Si.2ClH.Zr/c2*1-4-5-11-21-18-23-16-17-24(20(2)3)28(27(23)19-21)26-15-10-9-14-25(26)22-12-7-6-8-13-22;1-3-2;;;/h2*6-10,12-20H,4-5,11H2,1-3H3;1-2H3;2*1H;/q2*-1;;;;+4/p-2. The van der Waals surface area contributed by atoms with E-state index in [0.29, 0.717) is 11.8 Å². The summed E-state index contributed by atoms with van der Waals surface area (Å²) in [6, 6.07) is 58.3. The van der Waals surface area contributed by atoms with Gasteiger partial charge in [0.1, 0.15) is 0 Å². The van der Waals surface area contributed by atoms with Gasteiger partial charge in [-0.2, -0.15) is 12.1 Å². The van der Waals surface area contributed by atoms with Crippen molar-refractivity contribution >= 4 is 48.1 Å².